The maximum atomic E-state index is 12.6. The molecule has 2 aromatic carbocycles. The van der Waals surface area contributed by atoms with Gasteiger partial charge >= 0.3 is 0 Å². The molecule has 0 unspecified atom stereocenters. The summed E-state index contributed by atoms with van der Waals surface area (Å²) < 4.78 is 0. The Morgan fingerprint density at radius 1 is 1.22 bits per heavy atom. The molecular formula is C21H19N5O. The van der Waals surface area contributed by atoms with Gasteiger partial charge in [0.25, 0.3) is 5.56 Å². The molecule has 0 saturated carbocycles. The summed E-state index contributed by atoms with van der Waals surface area (Å²) in [5.74, 6) is 0.578. The van der Waals surface area contributed by atoms with Crippen LogP contribution in [-0.2, 0) is 19.5 Å². The van der Waals surface area contributed by atoms with Crippen LogP contribution in [0, 0.1) is 11.3 Å². The smallest absolute Gasteiger partial charge is 0.255 e. The van der Waals surface area contributed by atoms with E-state index in [0.29, 0.717) is 30.2 Å². The lowest BCUT2D eigenvalue weighted by atomic mass is 10.0. The van der Waals surface area contributed by atoms with Crippen LogP contribution in [0.2, 0.25) is 0 Å². The number of nitrogens with two attached hydrogens (primary N) is 1. The van der Waals surface area contributed by atoms with Crippen LogP contribution < -0.4 is 11.3 Å². The first-order chi connectivity index (χ1) is 13.1. The summed E-state index contributed by atoms with van der Waals surface area (Å²) in [5, 5.41) is 9.05. The molecule has 1 aliphatic heterocycles. The van der Waals surface area contributed by atoms with Crippen molar-refractivity contribution in [1.82, 2.24) is 14.9 Å². The predicted molar refractivity (Wildman–Crippen MR) is 104 cm³/mol. The van der Waals surface area contributed by atoms with Crippen LogP contribution in [0.5, 0.6) is 0 Å². The summed E-state index contributed by atoms with van der Waals surface area (Å²) in [4.78, 5) is 22.4. The first-order valence-electron chi connectivity index (χ1n) is 8.82. The molecule has 0 atom stereocenters. The van der Waals surface area contributed by atoms with Crippen molar-refractivity contribution in [3.63, 3.8) is 0 Å². The Balaban J connectivity index is 1.57. The van der Waals surface area contributed by atoms with E-state index in [1.807, 2.05) is 30.3 Å². The molecule has 3 N–H and O–H groups in total. The Labute approximate surface area is 156 Å². The fourth-order valence-corrected chi connectivity index (χ4v) is 3.39. The Kier molecular flexibility index (Phi) is 4.45. The maximum Gasteiger partial charge on any atom is 0.255 e. The molecule has 2 heterocycles. The van der Waals surface area contributed by atoms with Crippen molar-refractivity contribution in [3.05, 3.63) is 81.3 Å². The Hall–Kier alpha value is -3.43. The number of benzene rings is 2. The van der Waals surface area contributed by atoms with Gasteiger partial charge in [0.15, 0.2) is 0 Å². The van der Waals surface area contributed by atoms with Crippen LogP contribution in [0.4, 0.5) is 5.69 Å². The van der Waals surface area contributed by atoms with Crippen molar-refractivity contribution in [1.29, 1.82) is 5.26 Å². The fourth-order valence-electron chi connectivity index (χ4n) is 3.39. The second-order valence-electron chi connectivity index (χ2n) is 6.73. The van der Waals surface area contributed by atoms with E-state index < -0.39 is 0 Å². The predicted octanol–water partition coefficient (Wildman–Crippen LogP) is 2.45. The first-order valence-corrected chi connectivity index (χ1v) is 8.82. The highest BCUT2D eigenvalue weighted by Crippen LogP contribution is 2.21. The van der Waals surface area contributed by atoms with Gasteiger partial charge < -0.3 is 10.7 Å². The monoisotopic (exact) mass is 357 g/mol. The molecule has 0 fully saturated rings. The summed E-state index contributed by atoms with van der Waals surface area (Å²) in [6.45, 7) is 2.08. The molecule has 134 valence electrons. The maximum absolute atomic E-state index is 12.6. The van der Waals surface area contributed by atoms with E-state index in [2.05, 4.69) is 20.9 Å². The van der Waals surface area contributed by atoms with E-state index in [4.69, 9.17) is 11.0 Å². The van der Waals surface area contributed by atoms with Gasteiger partial charge in [0, 0.05) is 37.3 Å². The number of aromatic amines is 1. The third kappa shape index (κ3) is 3.59. The summed E-state index contributed by atoms with van der Waals surface area (Å²) in [6.07, 6.45) is 0.721. The number of rotatable bonds is 3. The van der Waals surface area contributed by atoms with E-state index in [1.165, 1.54) is 0 Å². The molecule has 0 bridgehead atoms. The molecule has 3 aromatic rings. The summed E-state index contributed by atoms with van der Waals surface area (Å²) in [7, 11) is 0. The second-order valence-corrected chi connectivity index (χ2v) is 6.73. The number of nitrogens with zero attached hydrogens (tertiary/aromatic N) is 3. The number of nitrogen functional groups attached to an aromatic ring is 1. The van der Waals surface area contributed by atoms with Crippen LogP contribution in [0.25, 0.3) is 11.4 Å². The zero-order valence-electron chi connectivity index (χ0n) is 14.8. The number of nitrogens with one attached hydrogen (secondary N) is 1. The topological polar surface area (TPSA) is 98.8 Å². The van der Waals surface area contributed by atoms with Crippen LogP contribution in [0.3, 0.4) is 0 Å². The van der Waals surface area contributed by atoms with Gasteiger partial charge in [-0.2, -0.15) is 5.26 Å². The molecule has 0 amide bonds. The minimum atomic E-state index is -0.0951. The standard InChI is InChI=1S/C21H19N5O/c22-11-14-2-1-3-15(10-14)12-26-9-8-19-18(13-26)21(27)25-20(24-19)16-4-6-17(23)7-5-16/h1-7,10H,8-9,12-13,23H2,(H,24,25,27). The molecule has 6 heteroatoms. The van der Waals surface area contributed by atoms with Crippen LogP contribution >= 0.6 is 0 Å². The Bertz CT molecular complexity index is 1080. The average molecular weight is 357 g/mol. The largest absolute Gasteiger partial charge is 0.399 e. The van der Waals surface area contributed by atoms with Crippen molar-refractivity contribution < 1.29 is 0 Å². The number of hydrogen-bond donors (Lipinski definition) is 2. The number of fused-ring (bicyclic) bond motifs is 1. The van der Waals surface area contributed by atoms with Crippen molar-refractivity contribution in [2.24, 2.45) is 0 Å². The lowest BCUT2D eigenvalue weighted by Gasteiger charge is -2.27. The van der Waals surface area contributed by atoms with E-state index in [9.17, 15) is 4.79 Å². The lowest BCUT2D eigenvalue weighted by molar-refractivity contribution is 0.242. The molecule has 4 rings (SSSR count). The Morgan fingerprint density at radius 2 is 2.04 bits per heavy atom. The Morgan fingerprint density at radius 3 is 2.81 bits per heavy atom. The molecule has 0 saturated heterocycles. The van der Waals surface area contributed by atoms with E-state index in [0.717, 1.165) is 35.3 Å². The lowest BCUT2D eigenvalue weighted by Crippen LogP contribution is -2.35. The number of anilines is 1. The van der Waals surface area contributed by atoms with Crippen molar-refractivity contribution >= 4 is 5.69 Å². The molecule has 1 aliphatic rings. The van der Waals surface area contributed by atoms with Gasteiger partial charge in [-0.05, 0) is 42.0 Å². The molecule has 0 aliphatic carbocycles. The van der Waals surface area contributed by atoms with Crippen LogP contribution in [-0.4, -0.2) is 21.4 Å². The van der Waals surface area contributed by atoms with Crippen LogP contribution in [0.1, 0.15) is 22.4 Å². The molecular weight excluding hydrogens is 338 g/mol. The highest BCUT2D eigenvalue weighted by Gasteiger charge is 2.21. The zero-order valence-corrected chi connectivity index (χ0v) is 14.8. The van der Waals surface area contributed by atoms with Gasteiger partial charge in [-0.1, -0.05) is 12.1 Å². The van der Waals surface area contributed by atoms with Crippen molar-refractivity contribution in [2.75, 3.05) is 12.3 Å². The quantitative estimate of drug-likeness (QED) is 0.702. The number of nitriles is 1. The SMILES string of the molecule is N#Cc1cccc(CN2CCc3nc(-c4ccc(N)cc4)[nH]c(=O)c3C2)c1. The van der Waals surface area contributed by atoms with E-state index in [1.54, 1.807) is 18.2 Å². The minimum Gasteiger partial charge on any atom is -0.399 e. The highest BCUT2D eigenvalue weighted by molar-refractivity contribution is 5.58. The van der Waals surface area contributed by atoms with E-state index in [-0.39, 0.29) is 5.56 Å². The third-order valence-electron chi connectivity index (χ3n) is 4.79. The molecule has 0 radical (unpaired) electrons. The van der Waals surface area contributed by atoms with Gasteiger partial charge in [-0.3, -0.25) is 9.69 Å². The normalized spacial score (nSPS) is 13.7. The number of H-pyrrole nitrogens is 1. The average Bonchev–Trinajstić information content (AvgIpc) is 2.69. The molecule has 27 heavy (non-hydrogen) atoms. The molecule has 0 spiro atoms. The summed E-state index contributed by atoms with van der Waals surface area (Å²) >= 11 is 0. The van der Waals surface area contributed by atoms with Crippen LogP contribution in [0.15, 0.2) is 53.3 Å². The molecule has 6 nitrogen and oxygen atoms in total. The zero-order chi connectivity index (χ0) is 18.8. The van der Waals surface area contributed by atoms with Crippen molar-refractivity contribution in [2.45, 2.75) is 19.5 Å². The summed E-state index contributed by atoms with van der Waals surface area (Å²) in [6, 6.07) is 17.1. The third-order valence-corrected chi connectivity index (χ3v) is 4.79. The van der Waals surface area contributed by atoms with Gasteiger partial charge in [-0.15, -0.1) is 0 Å². The molecule has 1 aromatic heterocycles. The van der Waals surface area contributed by atoms with Gasteiger partial charge in [0.2, 0.25) is 0 Å². The first kappa shape index (κ1) is 17.0. The second kappa shape index (κ2) is 7.06. The fraction of sp³-hybridized carbons (Fsp3) is 0.190. The van der Waals surface area contributed by atoms with E-state index >= 15 is 0 Å². The van der Waals surface area contributed by atoms with Gasteiger partial charge in [-0.25, -0.2) is 4.98 Å². The highest BCUT2D eigenvalue weighted by atomic mass is 16.1. The minimum absolute atomic E-state index is 0.0951. The summed E-state index contributed by atoms with van der Waals surface area (Å²) in [5.41, 5.74) is 10.4. The van der Waals surface area contributed by atoms with Gasteiger partial charge in [0.1, 0.15) is 5.82 Å². The van der Waals surface area contributed by atoms with Gasteiger partial charge in [0.05, 0.1) is 22.9 Å². The van der Waals surface area contributed by atoms with Crippen molar-refractivity contribution in [3.8, 4) is 17.5 Å². The number of aromatic nitrogens is 2. The number of hydrogen-bond acceptors (Lipinski definition) is 5.